The zero-order valence-electron chi connectivity index (χ0n) is 43.9. The van der Waals surface area contributed by atoms with Crippen LogP contribution < -0.4 is 36.6 Å². The number of primary amides is 1. The van der Waals surface area contributed by atoms with Crippen LogP contribution in [0.4, 0.5) is 30.6 Å². The Morgan fingerprint density at radius 1 is 0.797 bits per heavy atom. The smallest absolute Gasteiger partial charge is 0.312 e. The maximum Gasteiger partial charge on any atom is 0.312 e. The van der Waals surface area contributed by atoms with Crippen molar-refractivity contribution in [2.45, 2.75) is 64.6 Å². The van der Waals surface area contributed by atoms with E-state index in [1.165, 1.54) is 31.4 Å². The number of pyridine rings is 2. The fraction of sp³-hybridized carbons (Fsp3) is 0.281. The summed E-state index contributed by atoms with van der Waals surface area (Å²) in [4.78, 5) is 91.4. The Morgan fingerprint density at radius 2 is 1.54 bits per heavy atom. The molecule has 3 aromatic heterocycles. The Hall–Kier alpha value is -9.31. The van der Waals surface area contributed by atoms with Gasteiger partial charge in [-0.3, -0.25) is 29.1 Å². The van der Waals surface area contributed by atoms with Gasteiger partial charge in [0.1, 0.15) is 43.0 Å². The number of aromatic nitrogens is 4. The molecule has 6 amide bonds. The minimum absolute atomic E-state index is 0.0524. The van der Waals surface area contributed by atoms with Gasteiger partial charge in [0.05, 0.1) is 50.5 Å². The number of ether oxygens (including phenoxy) is 2. The number of benzene rings is 3. The van der Waals surface area contributed by atoms with Gasteiger partial charge in [0.2, 0.25) is 17.7 Å². The minimum atomic E-state index is -1.02. The number of nitrogens with zero attached hydrogens (tertiary/aromatic N) is 6. The van der Waals surface area contributed by atoms with Gasteiger partial charge in [-0.25, -0.2) is 18.6 Å². The summed E-state index contributed by atoms with van der Waals surface area (Å²) >= 11 is 0. The lowest BCUT2D eigenvalue weighted by molar-refractivity contribution is -0.137. The molecule has 2 atom stereocenters. The molecule has 3 aromatic carbocycles. The number of fused-ring (bicyclic) bond motifs is 1. The van der Waals surface area contributed by atoms with Crippen LogP contribution in [-0.4, -0.2) is 114 Å². The third-order valence-electron chi connectivity index (χ3n) is 12.7. The number of allylic oxidation sites excluding steroid dienone is 1. The molecular formula is C57H61F2N11O9. The number of carbonyl (C=O) groups excluding carboxylic acids is 7. The van der Waals surface area contributed by atoms with E-state index in [0.717, 1.165) is 62.7 Å². The number of urea groups is 1. The number of rotatable bonds is 24. The second-order valence-electron chi connectivity index (χ2n) is 18.3. The quantitative estimate of drug-likeness (QED) is 0.0306. The third kappa shape index (κ3) is 15.9. The standard InChI is InChI=1S/C55H57F2N11O7.2CH2O/c1-33(2)51(65-44(35-8-9-35)20-25-75-26-24-67-49(69)16-17-50(67)70)53(72)66-46(5-4-21-60-55(58)73)52(71)64-40-12-6-34(7-13-40)32-68(47-15-11-39(56)29-43(47)57)48-28-38(30-61-54(48)74-3)36-10-14-45-42(27-36)41(19-22-59-45)37-18-23-62-63-31-37;2*1-2/h6-7,10-19,22-23,27-31,33,46,51,65H,4-5,8-9,20-21,24-26,32H2,1-3H3,(H,64,71)(H,66,72)(H3,58,60,73);2*1H2/t46-,51?;;/m0../s1. The van der Waals surface area contributed by atoms with Crippen LogP contribution in [0.1, 0.15) is 51.5 Å². The number of nitrogens with two attached hydrogens (primary N) is 1. The van der Waals surface area contributed by atoms with E-state index in [-0.39, 0.29) is 68.6 Å². The highest BCUT2D eigenvalue weighted by Gasteiger charge is 2.31. The van der Waals surface area contributed by atoms with E-state index in [1.54, 1.807) is 54.0 Å². The van der Waals surface area contributed by atoms with Crippen LogP contribution in [0, 0.1) is 17.6 Å². The maximum atomic E-state index is 15.9. The number of nitrogens with one attached hydrogen (secondary N) is 4. The molecule has 1 fully saturated rings. The van der Waals surface area contributed by atoms with Crippen LogP contribution in [0.25, 0.3) is 33.2 Å². The molecule has 412 valence electrons. The van der Waals surface area contributed by atoms with Crippen molar-refractivity contribution in [1.82, 2.24) is 41.0 Å². The van der Waals surface area contributed by atoms with Gasteiger partial charge in [-0.05, 0) is 103 Å². The summed E-state index contributed by atoms with van der Waals surface area (Å²) in [6, 6.07) is 19.1. The van der Waals surface area contributed by atoms with Crippen molar-refractivity contribution >= 4 is 71.2 Å². The molecule has 20 nitrogen and oxygen atoms in total. The minimum Gasteiger partial charge on any atom is -0.480 e. The zero-order valence-corrected chi connectivity index (χ0v) is 43.9. The van der Waals surface area contributed by atoms with Crippen LogP contribution in [0.2, 0.25) is 0 Å². The molecule has 6 aromatic rings. The summed E-state index contributed by atoms with van der Waals surface area (Å²) < 4.78 is 41.8. The molecule has 79 heavy (non-hydrogen) atoms. The van der Waals surface area contributed by atoms with Crippen molar-refractivity contribution in [3.8, 4) is 28.1 Å². The second-order valence-corrected chi connectivity index (χ2v) is 18.3. The first kappa shape index (κ1) is 58.9. The van der Waals surface area contributed by atoms with E-state index in [1.807, 2.05) is 63.8 Å². The van der Waals surface area contributed by atoms with Crippen LogP contribution in [0.15, 0.2) is 127 Å². The van der Waals surface area contributed by atoms with Crippen molar-refractivity contribution in [1.29, 1.82) is 0 Å². The Balaban J connectivity index is 0.00000246. The average Bonchev–Trinajstić information content (AvgIpc) is 4.29. The van der Waals surface area contributed by atoms with Crippen LogP contribution in [-0.2, 0) is 40.0 Å². The molecule has 4 heterocycles. The first-order chi connectivity index (χ1) is 38.3. The van der Waals surface area contributed by atoms with E-state index >= 15 is 4.39 Å². The molecule has 8 rings (SSSR count). The molecular weight excluding hydrogens is 1020 g/mol. The van der Waals surface area contributed by atoms with Gasteiger partial charge in [-0.15, -0.1) is 0 Å². The first-order valence-corrected chi connectivity index (χ1v) is 25.1. The molecule has 1 aliphatic carbocycles. The van der Waals surface area contributed by atoms with Crippen molar-refractivity contribution in [3.05, 3.63) is 144 Å². The summed E-state index contributed by atoms with van der Waals surface area (Å²) in [5.74, 6) is -3.25. The molecule has 1 saturated carbocycles. The fourth-order valence-corrected chi connectivity index (χ4v) is 8.65. The highest BCUT2D eigenvalue weighted by molar-refractivity contribution is 6.12. The first-order valence-electron chi connectivity index (χ1n) is 25.1. The van der Waals surface area contributed by atoms with E-state index < -0.39 is 41.6 Å². The number of halogens is 2. The van der Waals surface area contributed by atoms with Gasteiger partial charge < -0.3 is 51.0 Å². The molecule has 1 unspecified atom stereocenters. The predicted octanol–water partition coefficient (Wildman–Crippen LogP) is 6.87. The molecule has 0 radical (unpaired) electrons. The number of carbonyl (C=O) groups is 7. The van der Waals surface area contributed by atoms with Crippen molar-refractivity contribution < 1.29 is 51.8 Å². The number of hydrogen-bond donors (Lipinski definition) is 5. The van der Waals surface area contributed by atoms with Gasteiger partial charge in [0.25, 0.3) is 11.8 Å². The number of methoxy groups -OCH3 is 1. The van der Waals surface area contributed by atoms with Gasteiger partial charge in [-0.1, -0.05) is 37.6 Å². The highest BCUT2D eigenvalue weighted by Crippen LogP contribution is 2.40. The van der Waals surface area contributed by atoms with Crippen molar-refractivity contribution in [2.75, 3.05) is 43.6 Å². The predicted molar refractivity (Wildman–Crippen MR) is 292 cm³/mol. The summed E-state index contributed by atoms with van der Waals surface area (Å²) in [5.41, 5.74) is 12.8. The molecule has 0 saturated heterocycles. The monoisotopic (exact) mass is 1080 g/mol. The van der Waals surface area contributed by atoms with Gasteiger partial charge in [0.15, 0.2) is 0 Å². The van der Waals surface area contributed by atoms with E-state index in [9.17, 15) is 28.4 Å². The normalized spacial score (nSPS) is 13.1. The van der Waals surface area contributed by atoms with Gasteiger partial charge in [0, 0.05) is 78.0 Å². The molecule has 6 N–H and O–H groups in total. The fourth-order valence-electron chi connectivity index (χ4n) is 8.65. The largest absolute Gasteiger partial charge is 0.480 e. The van der Waals surface area contributed by atoms with E-state index in [2.05, 4.69) is 41.4 Å². The average molecular weight is 1080 g/mol. The highest BCUT2D eigenvalue weighted by atomic mass is 19.1. The lowest BCUT2D eigenvalue weighted by Gasteiger charge is -2.28. The Morgan fingerprint density at radius 3 is 2.20 bits per heavy atom. The summed E-state index contributed by atoms with van der Waals surface area (Å²) in [5, 5.41) is 20.6. The third-order valence-corrected chi connectivity index (χ3v) is 12.7. The maximum absolute atomic E-state index is 15.9. The second kappa shape index (κ2) is 28.7. The van der Waals surface area contributed by atoms with Crippen LogP contribution in [0.5, 0.6) is 5.88 Å². The molecule has 22 heteroatoms. The Bertz CT molecular complexity index is 3160. The molecule has 2 aliphatic rings. The number of imide groups is 1. The van der Waals surface area contributed by atoms with E-state index in [4.69, 9.17) is 24.8 Å². The summed E-state index contributed by atoms with van der Waals surface area (Å²) in [6.45, 7) is 8.59. The van der Waals surface area contributed by atoms with Gasteiger partial charge >= 0.3 is 6.03 Å². The molecule has 1 aliphatic heterocycles. The van der Waals surface area contributed by atoms with Crippen LogP contribution in [0.3, 0.4) is 0 Å². The SMILES string of the molecule is C=O.C=O.COc1ncc(-c2ccc3nccc(-c4ccnnc4)c3c2)cc1N(Cc1ccc(NC(=O)[C@H](CCCNC(N)=O)NC(=O)C(NC(CCOCCN2C(=O)C=CC2=O)=C2CC2)C(C)C)cc1)c1ccc(F)cc1F. The topological polar surface area (TPSA) is 270 Å². The van der Waals surface area contributed by atoms with Crippen LogP contribution >= 0.6 is 0 Å². The Labute approximate surface area is 454 Å². The van der Waals surface area contributed by atoms with Crippen molar-refractivity contribution in [2.24, 2.45) is 11.7 Å². The summed E-state index contributed by atoms with van der Waals surface area (Å²) in [6.07, 6.45) is 11.8. The number of amides is 6. The number of anilines is 3. The number of hydrogen-bond acceptors (Lipinski definition) is 15. The zero-order chi connectivity index (χ0) is 57.0. The molecule has 0 bridgehead atoms. The summed E-state index contributed by atoms with van der Waals surface area (Å²) in [7, 11) is 1.45. The van der Waals surface area contributed by atoms with E-state index in [0.29, 0.717) is 35.3 Å². The lowest BCUT2D eigenvalue weighted by Crippen LogP contribution is -2.53. The lowest BCUT2D eigenvalue weighted by atomic mass is 9.98. The Kier molecular flexibility index (Phi) is 21.4. The van der Waals surface area contributed by atoms with Crippen molar-refractivity contribution in [3.63, 3.8) is 0 Å². The molecule has 0 spiro atoms. The van der Waals surface area contributed by atoms with Gasteiger partial charge in [-0.2, -0.15) is 10.2 Å².